The highest BCUT2D eigenvalue weighted by molar-refractivity contribution is 6.07. The molecule has 0 aliphatic heterocycles. The predicted molar refractivity (Wildman–Crippen MR) is 67.4 cm³/mol. The monoisotopic (exact) mass is 212 g/mol. The minimum atomic E-state index is 0.279. The average molecular weight is 212 g/mol. The lowest BCUT2D eigenvalue weighted by Gasteiger charge is -2.04. The zero-order valence-electron chi connectivity index (χ0n) is 11.4. The average Bonchev–Trinajstić information content (AvgIpc) is 2.37. The van der Waals surface area contributed by atoms with Gasteiger partial charge in [0.25, 0.3) is 0 Å². The Morgan fingerprint density at radius 1 is 1.06 bits per heavy atom. The molecule has 1 heterocycles. The Balaban J connectivity index is 2.61. The highest BCUT2D eigenvalue weighted by Crippen LogP contribution is 2.25. The molecule has 0 amide bonds. The molecule has 1 nitrogen and oxygen atoms in total. The highest BCUT2D eigenvalue weighted by atomic mass is 14.9. The van der Waals surface area contributed by atoms with Crippen LogP contribution in [0.25, 0.3) is 21.5 Å². The van der Waals surface area contributed by atoms with Crippen LogP contribution in [0.5, 0.6) is 0 Å². The molecule has 0 N–H and O–H groups in total. The molecular formula is C15H14N+. The fourth-order valence-electron chi connectivity index (χ4n) is 2.14. The van der Waals surface area contributed by atoms with E-state index in [0.717, 1.165) is 21.5 Å². The number of rotatable bonds is 0. The van der Waals surface area contributed by atoms with Crippen LogP contribution in [-0.4, -0.2) is 0 Å². The van der Waals surface area contributed by atoms with Crippen LogP contribution in [0.3, 0.4) is 0 Å². The summed E-state index contributed by atoms with van der Waals surface area (Å²) in [7, 11) is 2.02. The van der Waals surface area contributed by atoms with Crippen molar-refractivity contribution in [1.82, 2.24) is 0 Å². The SMILES string of the molecule is [3H]c1ccc2ccc3c(C)[n+](C)ccc3c2c1[3H]. The Labute approximate surface area is 97.8 Å². The zero-order chi connectivity index (χ0) is 12.9. The van der Waals surface area contributed by atoms with Gasteiger partial charge in [0, 0.05) is 23.8 Å². The van der Waals surface area contributed by atoms with Gasteiger partial charge in [-0.15, -0.1) is 0 Å². The summed E-state index contributed by atoms with van der Waals surface area (Å²) in [4.78, 5) is 0. The first-order valence-electron chi connectivity index (χ1n) is 6.37. The first kappa shape index (κ1) is 7.39. The van der Waals surface area contributed by atoms with E-state index in [1.165, 1.54) is 5.69 Å². The Morgan fingerprint density at radius 3 is 2.81 bits per heavy atom. The van der Waals surface area contributed by atoms with Gasteiger partial charge in [-0.25, -0.2) is 4.57 Å². The second kappa shape index (κ2) is 3.31. The molecule has 0 fully saturated rings. The Bertz CT molecular complexity index is 778. The van der Waals surface area contributed by atoms with E-state index in [1.807, 2.05) is 31.4 Å². The van der Waals surface area contributed by atoms with Crippen molar-refractivity contribution < 1.29 is 7.31 Å². The number of aryl methyl sites for hydroxylation is 2. The van der Waals surface area contributed by atoms with Gasteiger partial charge in [0.15, 0.2) is 11.9 Å². The summed E-state index contributed by atoms with van der Waals surface area (Å²) in [6.07, 6.45) is 2.01. The minimum absolute atomic E-state index is 0.279. The molecule has 3 rings (SSSR count). The van der Waals surface area contributed by atoms with Gasteiger partial charge < -0.3 is 0 Å². The molecule has 0 saturated carbocycles. The minimum Gasteiger partial charge on any atom is -0.205 e. The maximum Gasteiger partial charge on any atom is 0.185 e. The first-order chi connectivity index (χ1) is 8.59. The van der Waals surface area contributed by atoms with Gasteiger partial charge in [-0.1, -0.05) is 30.3 Å². The van der Waals surface area contributed by atoms with Crippen molar-refractivity contribution in [3.05, 3.63) is 54.3 Å². The van der Waals surface area contributed by atoms with Crippen LogP contribution < -0.4 is 4.57 Å². The normalized spacial score (nSPS) is 12.9. The third-order valence-corrected chi connectivity index (χ3v) is 3.20. The molecule has 2 aromatic carbocycles. The van der Waals surface area contributed by atoms with E-state index < -0.39 is 0 Å². The van der Waals surface area contributed by atoms with Crippen LogP contribution >= 0.6 is 0 Å². The summed E-state index contributed by atoms with van der Waals surface area (Å²) in [5, 5.41) is 4.11. The largest absolute Gasteiger partial charge is 0.205 e. The lowest BCUT2D eigenvalue weighted by Crippen LogP contribution is -2.31. The smallest absolute Gasteiger partial charge is 0.185 e. The fraction of sp³-hybridized carbons (Fsp3) is 0.133. The third-order valence-electron chi connectivity index (χ3n) is 3.20. The molecule has 16 heavy (non-hydrogen) atoms. The quantitative estimate of drug-likeness (QED) is 0.398. The Hall–Kier alpha value is -1.89. The van der Waals surface area contributed by atoms with Crippen LogP contribution in [0.1, 0.15) is 8.44 Å². The molecule has 0 spiro atoms. The Kier molecular flexibility index (Phi) is 1.53. The number of nitrogens with zero attached hydrogens (tertiary/aromatic N) is 1. The van der Waals surface area contributed by atoms with Gasteiger partial charge in [-0.2, -0.15) is 0 Å². The Morgan fingerprint density at radius 2 is 1.94 bits per heavy atom. The molecule has 78 valence electrons. The van der Waals surface area contributed by atoms with Crippen molar-refractivity contribution >= 4 is 21.5 Å². The van der Waals surface area contributed by atoms with Crippen LogP contribution in [0.15, 0.2) is 48.6 Å². The maximum absolute atomic E-state index is 8.10. The van der Waals surface area contributed by atoms with E-state index in [2.05, 4.69) is 17.6 Å². The van der Waals surface area contributed by atoms with E-state index >= 15 is 0 Å². The van der Waals surface area contributed by atoms with E-state index in [4.69, 9.17) is 2.74 Å². The van der Waals surface area contributed by atoms with E-state index in [-0.39, 0.29) is 6.04 Å². The van der Waals surface area contributed by atoms with Crippen molar-refractivity contribution in [2.45, 2.75) is 6.92 Å². The molecule has 0 saturated heterocycles. The van der Waals surface area contributed by atoms with E-state index in [0.29, 0.717) is 6.04 Å². The summed E-state index contributed by atoms with van der Waals surface area (Å²) < 4.78 is 18.0. The number of pyridine rings is 1. The standard InChI is InChI=1S/C15H14N/c1-11-13-8-7-12-5-3-4-6-14(12)15(13)9-10-16(11)2/h3-10H,1-2H3/q+1/i4T,6T. The molecule has 0 aliphatic rings. The van der Waals surface area contributed by atoms with Crippen molar-refractivity contribution in [2.24, 2.45) is 7.05 Å². The van der Waals surface area contributed by atoms with Gasteiger partial charge in [-0.3, -0.25) is 0 Å². The van der Waals surface area contributed by atoms with Crippen molar-refractivity contribution in [3.63, 3.8) is 0 Å². The van der Waals surface area contributed by atoms with Gasteiger partial charge in [0.05, 0.1) is 2.74 Å². The molecule has 0 aliphatic carbocycles. The molecule has 0 atom stereocenters. The second-order valence-electron chi connectivity index (χ2n) is 4.11. The molecule has 1 aromatic heterocycles. The lowest BCUT2D eigenvalue weighted by molar-refractivity contribution is -0.676. The van der Waals surface area contributed by atoms with Gasteiger partial charge >= 0.3 is 0 Å². The molecule has 3 aromatic rings. The molecular weight excluding hydrogens is 194 g/mol. The predicted octanol–water partition coefficient (Wildman–Crippen LogP) is 3.13. The van der Waals surface area contributed by atoms with Gasteiger partial charge in [0.1, 0.15) is 7.05 Å². The topological polar surface area (TPSA) is 3.88 Å². The number of aromatic nitrogens is 1. The number of fused-ring (bicyclic) bond motifs is 3. The lowest BCUT2D eigenvalue weighted by atomic mass is 10.0. The van der Waals surface area contributed by atoms with Crippen LogP contribution in [-0.2, 0) is 7.05 Å². The summed E-state index contributed by atoms with van der Waals surface area (Å²) in [5.41, 5.74) is 1.17. The van der Waals surface area contributed by atoms with Gasteiger partial charge in [-0.05, 0) is 16.8 Å². The number of hydrogen-bond acceptors (Lipinski definition) is 0. The molecule has 0 unspecified atom stereocenters. The third kappa shape index (κ3) is 1.21. The highest BCUT2D eigenvalue weighted by Gasteiger charge is 2.08. The van der Waals surface area contributed by atoms with Crippen LogP contribution in [0.2, 0.25) is 0 Å². The first-order valence-corrected chi connectivity index (χ1v) is 5.37. The summed E-state index contributed by atoms with van der Waals surface area (Å²) in [5.74, 6) is 0. The summed E-state index contributed by atoms with van der Waals surface area (Å²) in [6, 6.07) is 10.3. The maximum atomic E-state index is 8.10. The second-order valence-corrected chi connectivity index (χ2v) is 4.11. The summed E-state index contributed by atoms with van der Waals surface area (Å²) >= 11 is 0. The van der Waals surface area contributed by atoms with Crippen LogP contribution in [0.4, 0.5) is 0 Å². The van der Waals surface area contributed by atoms with Crippen LogP contribution in [0, 0.1) is 6.92 Å². The molecule has 0 radical (unpaired) electrons. The number of hydrogen-bond donors (Lipinski definition) is 0. The van der Waals surface area contributed by atoms with E-state index in [9.17, 15) is 0 Å². The van der Waals surface area contributed by atoms with Crippen molar-refractivity contribution in [1.29, 1.82) is 0 Å². The van der Waals surface area contributed by atoms with Gasteiger partial charge in [0.2, 0.25) is 0 Å². The summed E-state index contributed by atoms with van der Waals surface area (Å²) in [6.45, 7) is 2.07. The van der Waals surface area contributed by atoms with Crippen molar-refractivity contribution in [2.75, 3.05) is 0 Å². The zero-order valence-corrected chi connectivity index (χ0v) is 9.41. The fourth-order valence-corrected chi connectivity index (χ4v) is 2.14. The molecule has 1 heteroatoms. The number of benzene rings is 2. The van der Waals surface area contributed by atoms with Crippen molar-refractivity contribution in [3.8, 4) is 0 Å². The molecule has 0 bridgehead atoms. The van der Waals surface area contributed by atoms with E-state index in [1.54, 1.807) is 6.07 Å².